The number of carbonyl (C=O) groups excluding carboxylic acids is 2. The average Bonchev–Trinajstić information content (AvgIpc) is 3.59. The minimum absolute atomic E-state index is 0.0273. The zero-order valence-corrected chi connectivity index (χ0v) is 23.0. The molecule has 2 aromatic rings. The zero-order valence-electron chi connectivity index (χ0n) is 22.2. The van der Waals surface area contributed by atoms with E-state index in [0.717, 1.165) is 37.7 Å². The molecular weight excluding hydrogens is 514 g/mol. The predicted molar refractivity (Wildman–Crippen MR) is 149 cm³/mol. The number of fused-ring (bicyclic) bond motifs is 1. The summed E-state index contributed by atoms with van der Waals surface area (Å²) in [4.78, 5) is 27.4. The number of amidine groups is 1. The van der Waals surface area contributed by atoms with Crippen LogP contribution >= 0.6 is 0 Å². The number of primary amides is 1. The second-order valence-electron chi connectivity index (χ2n) is 11.4. The molecule has 1 heterocycles. The van der Waals surface area contributed by atoms with Crippen molar-refractivity contribution in [2.75, 3.05) is 13.1 Å². The molecule has 1 saturated heterocycles. The Morgan fingerprint density at radius 3 is 2.21 bits per heavy atom. The summed E-state index contributed by atoms with van der Waals surface area (Å²) in [5, 5.41) is 7.67. The summed E-state index contributed by atoms with van der Waals surface area (Å²) in [6.45, 7) is 0.416. The lowest BCUT2D eigenvalue weighted by Crippen LogP contribution is -2.66. The highest BCUT2D eigenvalue weighted by molar-refractivity contribution is 7.88. The number of amides is 2. The Morgan fingerprint density at radius 1 is 0.949 bits per heavy atom. The lowest BCUT2D eigenvalue weighted by Gasteiger charge is -2.41. The summed E-state index contributed by atoms with van der Waals surface area (Å²) in [6.07, 6.45) is 5.58. The summed E-state index contributed by atoms with van der Waals surface area (Å²) in [6, 6.07) is 15.9. The van der Waals surface area contributed by atoms with Gasteiger partial charge in [-0.15, -0.1) is 0 Å². The summed E-state index contributed by atoms with van der Waals surface area (Å²) in [5.41, 5.74) is 12.7. The lowest BCUT2D eigenvalue weighted by molar-refractivity contribution is -0.885. The van der Waals surface area contributed by atoms with E-state index < -0.39 is 21.5 Å². The van der Waals surface area contributed by atoms with Crippen molar-refractivity contribution in [1.29, 1.82) is 5.41 Å². The number of piperidine rings is 1. The Hall–Kier alpha value is -3.08. The maximum absolute atomic E-state index is 14.4. The zero-order chi connectivity index (χ0) is 27.8. The molecule has 1 unspecified atom stereocenters. The third-order valence-electron chi connectivity index (χ3n) is 9.14. The molecule has 2 aliphatic carbocycles. The van der Waals surface area contributed by atoms with Gasteiger partial charge in [-0.1, -0.05) is 73.9 Å². The fraction of sp³-hybridized carbons (Fsp3) is 0.483. The predicted octanol–water partition coefficient (Wildman–Crippen LogP) is 2.63. The highest BCUT2D eigenvalue weighted by Crippen LogP contribution is 2.61. The van der Waals surface area contributed by atoms with Crippen molar-refractivity contribution in [2.45, 2.75) is 68.8 Å². The first-order valence-corrected chi connectivity index (χ1v) is 15.4. The third kappa shape index (κ3) is 5.01. The van der Waals surface area contributed by atoms with Crippen molar-refractivity contribution in [2.24, 2.45) is 17.4 Å². The number of hydrogen-bond acceptors (Lipinski definition) is 5. The van der Waals surface area contributed by atoms with Crippen LogP contribution in [0.25, 0.3) is 0 Å². The Balaban J connectivity index is 1.49. The fourth-order valence-electron chi connectivity index (χ4n) is 6.99. The third-order valence-corrected chi connectivity index (χ3v) is 11.0. The molecule has 1 aliphatic heterocycles. The smallest absolute Gasteiger partial charge is 0.330 e. The topological polar surface area (TPSA) is 147 Å². The number of nitrogens with one attached hydrogen (secondary N) is 1. The normalized spacial score (nSPS) is 26.7. The number of rotatable bonds is 10. The van der Waals surface area contributed by atoms with Gasteiger partial charge in [0.05, 0.1) is 12.3 Å². The maximum Gasteiger partial charge on any atom is 0.330 e. The van der Waals surface area contributed by atoms with Gasteiger partial charge in [0.15, 0.2) is 5.54 Å². The highest BCUT2D eigenvalue weighted by atomic mass is 32.2. The van der Waals surface area contributed by atoms with Crippen molar-refractivity contribution < 1.29 is 22.5 Å². The molecule has 5 N–H and O–H groups in total. The van der Waals surface area contributed by atoms with E-state index in [1.807, 2.05) is 30.3 Å². The van der Waals surface area contributed by atoms with Crippen molar-refractivity contribution in [3.63, 3.8) is 0 Å². The van der Waals surface area contributed by atoms with E-state index in [1.165, 1.54) is 4.31 Å². The standard InChI is InChI=1S/C29H37N5O4S/c30-27(31)23-13-11-21(12-14-23)19-34(16-15-24-17-29(24,34)28(32)36)26(35)18-33(25-9-5-2-6-10-25)39(37,38)20-22-7-3-1-4-8-22/h1,3-4,7-8,11-14,24-25H,2,5-6,9-10,15-20H2,(H4-,30,31,32,36)/p+1/t24-,29+,34?/m1/s1. The lowest BCUT2D eigenvalue weighted by atomic mass is 9.95. The first-order valence-electron chi connectivity index (χ1n) is 13.8. The molecule has 208 valence electrons. The van der Waals surface area contributed by atoms with E-state index in [4.69, 9.17) is 16.9 Å². The summed E-state index contributed by atoms with van der Waals surface area (Å²) >= 11 is 0. The van der Waals surface area contributed by atoms with Gasteiger partial charge in [0.2, 0.25) is 10.0 Å². The molecule has 2 saturated carbocycles. The van der Waals surface area contributed by atoms with Crippen LogP contribution < -0.4 is 11.5 Å². The van der Waals surface area contributed by atoms with Gasteiger partial charge in [0.25, 0.3) is 5.91 Å². The van der Waals surface area contributed by atoms with Gasteiger partial charge in [-0.25, -0.2) is 17.7 Å². The number of nitrogens with two attached hydrogens (primary N) is 2. The molecule has 3 aliphatic rings. The highest BCUT2D eigenvalue weighted by Gasteiger charge is 2.78. The molecule has 0 radical (unpaired) electrons. The SMILES string of the molecule is N=C(N)c1ccc(C[N+]2(C(=O)CN(C3CCCCC3)S(=O)(=O)Cc3ccccc3)CC[C@@H]3C[C@@]32C(N)=O)cc1. The number of nitrogens with zero attached hydrogens (tertiary/aromatic N) is 2. The van der Waals surface area contributed by atoms with Crippen LogP contribution in [0.2, 0.25) is 0 Å². The van der Waals surface area contributed by atoms with Gasteiger partial charge < -0.3 is 11.5 Å². The fourth-order valence-corrected chi connectivity index (χ4v) is 8.74. The Bertz CT molecular complexity index is 1360. The van der Waals surface area contributed by atoms with Crippen molar-refractivity contribution in [1.82, 2.24) is 4.31 Å². The van der Waals surface area contributed by atoms with Gasteiger partial charge in [0.1, 0.15) is 18.9 Å². The number of likely N-dealkylation sites (tertiary alicyclic amines) is 1. The molecular formula is C29H38N5O4S+. The van der Waals surface area contributed by atoms with Crippen LogP contribution in [0.5, 0.6) is 0 Å². The first-order chi connectivity index (χ1) is 18.6. The van der Waals surface area contributed by atoms with E-state index in [9.17, 15) is 18.0 Å². The Morgan fingerprint density at radius 2 is 1.62 bits per heavy atom. The quantitative estimate of drug-likeness (QED) is 0.235. The van der Waals surface area contributed by atoms with Crippen LogP contribution in [-0.4, -0.2) is 59.5 Å². The largest absolute Gasteiger partial charge is 0.384 e. The van der Waals surface area contributed by atoms with Crippen molar-refractivity contribution in [3.05, 3.63) is 71.3 Å². The van der Waals surface area contributed by atoms with Crippen molar-refractivity contribution in [3.8, 4) is 0 Å². The van der Waals surface area contributed by atoms with Gasteiger partial charge in [-0.3, -0.25) is 10.2 Å². The van der Waals surface area contributed by atoms with Crippen LogP contribution in [0.3, 0.4) is 0 Å². The number of quaternary nitrogens is 1. The minimum Gasteiger partial charge on any atom is -0.384 e. The van der Waals surface area contributed by atoms with Gasteiger partial charge in [-0.2, -0.15) is 4.31 Å². The number of hydrogen-bond donors (Lipinski definition) is 3. The second kappa shape index (κ2) is 10.5. The van der Waals surface area contributed by atoms with Crippen LogP contribution in [0.4, 0.5) is 0 Å². The van der Waals surface area contributed by atoms with Crippen LogP contribution in [-0.2, 0) is 31.9 Å². The van der Waals surface area contributed by atoms with Crippen LogP contribution in [0.1, 0.15) is 61.6 Å². The first kappa shape index (κ1) is 27.5. The number of sulfonamides is 1. The second-order valence-corrected chi connectivity index (χ2v) is 13.3. The van der Waals surface area contributed by atoms with E-state index in [0.29, 0.717) is 30.5 Å². The average molecular weight is 553 g/mol. The minimum atomic E-state index is -3.81. The summed E-state index contributed by atoms with van der Waals surface area (Å²) in [5.74, 6) is -0.959. The van der Waals surface area contributed by atoms with E-state index in [1.54, 1.807) is 24.3 Å². The Labute approximate surface area is 230 Å². The molecule has 39 heavy (non-hydrogen) atoms. The van der Waals surface area contributed by atoms with E-state index >= 15 is 0 Å². The van der Waals surface area contributed by atoms with E-state index in [-0.39, 0.29) is 47.0 Å². The maximum atomic E-state index is 14.4. The van der Waals surface area contributed by atoms with Gasteiger partial charge in [0, 0.05) is 35.9 Å². The number of benzene rings is 2. The molecule has 2 amide bonds. The molecule has 3 fully saturated rings. The van der Waals surface area contributed by atoms with Gasteiger partial charge >= 0.3 is 5.91 Å². The monoisotopic (exact) mass is 552 g/mol. The molecule has 5 rings (SSSR count). The van der Waals surface area contributed by atoms with Crippen LogP contribution in [0.15, 0.2) is 54.6 Å². The molecule has 3 atom stereocenters. The molecule has 0 bridgehead atoms. The molecule has 0 aromatic heterocycles. The molecule has 9 nitrogen and oxygen atoms in total. The number of nitrogen functional groups attached to an aromatic ring is 1. The summed E-state index contributed by atoms with van der Waals surface area (Å²) in [7, 11) is -3.81. The van der Waals surface area contributed by atoms with Crippen LogP contribution in [0, 0.1) is 11.3 Å². The van der Waals surface area contributed by atoms with Crippen molar-refractivity contribution >= 4 is 27.7 Å². The molecule has 10 heteroatoms. The van der Waals surface area contributed by atoms with Gasteiger partial charge in [-0.05, 0) is 18.4 Å². The Kier molecular flexibility index (Phi) is 7.39. The molecule has 2 aromatic carbocycles. The summed E-state index contributed by atoms with van der Waals surface area (Å²) < 4.78 is 29.0. The molecule has 0 spiro atoms. The number of carbonyl (C=O) groups is 2. The van der Waals surface area contributed by atoms with E-state index in [2.05, 4.69) is 0 Å².